The summed E-state index contributed by atoms with van der Waals surface area (Å²) in [5, 5.41) is 8.46. The molecule has 0 spiro atoms. The fourth-order valence-corrected chi connectivity index (χ4v) is 2.87. The summed E-state index contributed by atoms with van der Waals surface area (Å²) in [4.78, 5) is 4.79. The summed E-state index contributed by atoms with van der Waals surface area (Å²) in [6, 6.07) is 4.13. The Morgan fingerprint density at radius 1 is 1.24 bits per heavy atom. The van der Waals surface area contributed by atoms with E-state index < -0.39 is 0 Å². The van der Waals surface area contributed by atoms with Crippen molar-refractivity contribution in [2.45, 2.75) is 40.0 Å². The monoisotopic (exact) mass is 343 g/mol. The van der Waals surface area contributed by atoms with Gasteiger partial charge in [-0.25, -0.2) is 4.98 Å². The van der Waals surface area contributed by atoms with Gasteiger partial charge in [-0.3, -0.25) is 0 Å². The third kappa shape index (κ3) is 3.54. The van der Waals surface area contributed by atoms with Crippen molar-refractivity contribution in [3.8, 4) is 11.3 Å². The van der Waals surface area contributed by atoms with Crippen LogP contribution in [-0.4, -0.2) is 30.4 Å². The minimum absolute atomic E-state index is 0.316. The predicted octanol–water partition coefficient (Wildman–Crippen LogP) is 4.67. The maximum atomic E-state index is 6.06. The zero-order valence-corrected chi connectivity index (χ0v) is 15.5. The van der Waals surface area contributed by atoms with E-state index in [-0.39, 0.29) is 0 Å². The van der Waals surface area contributed by atoms with Crippen LogP contribution in [0.25, 0.3) is 22.2 Å². The Bertz CT molecular complexity index is 845. The lowest BCUT2D eigenvalue weighted by Crippen LogP contribution is -2.06. The van der Waals surface area contributed by atoms with E-state index in [4.69, 9.17) is 18.7 Å². The summed E-state index contributed by atoms with van der Waals surface area (Å²) in [5.41, 5.74) is 3.40. The topological polar surface area (TPSA) is 73.3 Å². The van der Waals surface area contributed by atoms with Gasteiger partial charge in [0, 0.05) is 31.6 Å². The third-order valence-electron chi connectivity index (χ3n) is 4.20. The van der Waals surface area contributed by atoms with Gasteiger partial charge in [0.2, 0.25) is 0 Å². The predicted molar refractivity (Wildman–Crippen MR) is 98.1 cm³/mol. The van der Waals surface area contributed by atoms with Gasteiger partial charge in [-0.05, 0) is 32.4 Å². The van der Waals surface area contributed by atoms with Gasteiger partial charge in [0.1, 0.15) is 11.5 Å². The molecule has 1 N–H and O–H groups in total. The highest BCUT2D eigenvalue weighted by Crippen LogP contribution is 2.34. The number of furan rings is 1. The Balaban J connectivity index is 2.06. The molecule has 134 valence electrons. The van der Waals surface area contributed by atoms with E-state index in [9.17, 15) is 0 Å². The van der Waals surface area contributed by atoms with Gasteiger partial charge in [-0.15, -0.1) is 0 Å². The van der Waals surface area contributed by atoms with Crippen molar-refractivity contribution in [3.63, 3.8) is 0 Å². The van der Waals surface area contributed by atoms with Gasteiger partial charge in [-0.2, -0.15) is 0 Å². The maximum Gasteiger partial charge on any atom is 0.176 e. The molecule has 3 aromatic heterocycles. The van der Waals surface area contributed by atoms with Crippen molar-refractivity contribution in [2.75, 3.05) is 25.6 Å². The molecule has 0 aliphatic rings. The van der Waals surface area contributed by atoms with Gasteiger partial charge < -0.3 is 19.0 Å². The second-order valence-electron chi connectivity index (χ2n) is 6.55. The second kappa shape index (κ2) is 7.27. The Hall–Kier alpha value is -2.34. The molecule has 0 aliphatic heterocycles. The number of aromatic nitrogens is 2. The highest BCUT2D eigenvalue weighted by Gasteiger charge is 2.18. The van der Waals surface area contributed by atoms with E-state index in [1.807, 2.05) is 19.9 Å². The molecule has 3 heterocycles. The van der Waals surface area contributed by atoms with E-state index in [0.29, 0.717) is 12.5 Å². The molecule has 6 heteroatoms. The van der Waals surface area contributed by atoms with Crippen LogP contribution >= 0.6 is 0 Å². The molecule has 6 nitrogen and oxygen atoms in total. The fraction of sp³-hybridized carbons (Fsp3) is 0.474. The summed E-state index contributed by atoms with van der Waals surface area (Å²) in [6.45, 7) is 9.53. The van der Waals surface area contributed by atoms with E-state index in [1.165, 1.54) is 0 Å². The van der Waals surface area contributed by atoms with Gasteiger partial charge >= 0.3 is 0 Å². The standard InChI is InChI=1S/C19H25N3O3/c1-11(2)16-10-14-9-15(17-12(3)22-25-13(17)4)21-19(18(14)24-16)20-7-6-8-23-5/h9-11H,6-8H2,1-5H3,(H,20,21). The van der Waals surface area contributed by atoms with Gasteiger partial charge in [0.25, 0.3) is 0 Å². The van der Waals surface area contributed by atoms with Crippen LogP contribution in [0.5, 0.6) is 0 Å². The van der Waals surface area contributed by atoms with Crippen LogP contribution in [0, 0.1) is 13.8 Å². The molecule has 0 unspecified atom stereocenters. The van der Waals surface area contributed by atoms with E-state index >= 15 is 0 Å². The number of fused-ring (bicyclic) bond motifs is 1. The summed E-state index contributed by atoms with van der Waals surface area (Å²) in [7, 11) is 1.70. The van der Waals surface area contributed by atoms with Crippen molar-refractivity contribution >= 4 is 16.8 Å². The van der Waals surface area contributed by atoms with E-state index in [0.717, 1.165) is 58.2 Å². The molecule has 25 heavy (non-hydrogen) atoms. The first-order chi connectivity index (χ1) is 12.0. The average Bonchev–Trinajstić information content (AvgIpc) is 3.15. The highest BCUT2D eigenvalue weighted by atomic mass is 16.5. The van der Waals surface area contributed by atoms with Gasteiger partial charge in [0.15, 0.2) is 11.4 Å². The highest BCUT2D eigenvalue weighted by molar-refractivity contribution is 5.91. The third-order valence-corrected chi connectivity index (χ3v) is 4.20. The lowest BCUT2D eigenvalue weighted by molar-refractivity contribution is 0.198. The number of hydrogen-bond donors (Lipinski definition) is 1. The molecule has 0 aliphatic carbocycles. The van der Waals surface area contributed by atoms with Crippen molar-refractivity contribution < 1.29 is 13.7 Å². The van der Waals surface area contributed by atoms with Crippen LogP contribution in [0.2, 0.25) is 0 Å². The number of hydrogen-bond acceptors (Lipinski definition) is 6. The van der Waals surface area contributed by atoms with Crippen LogP contribution in [0.3, 0.4) is 0 Å². The molecule has 3 rings (SSSR count). The quantitative estimate of drug-likeness (QED) is 0.628. The zero-order chi connectivity index (χ0) is 18.0. The smallest absolute Gasteiger partial charge is 0.176 e. The lowest BCUT2D eigenvalue weighted by atomic mass is 10.1. The molecular weight excluding hydrogens is 318 g/mol. The van der Waals surface area contributed by atoms with Crippen LogP contribution in [0.15, 0.2) is 21.1 Å². The molecule has 0 fully saturated rings. The first-order valence-electron chi connectivity index (χ1n) is 8.61. The maximum absolute atomic E-state index is 6.06. The number of methoxy groups -OCH3 is 1. The molecular formula is C19H25N3O3. The minimum atomic E-state index is 0.316. The van der Waals surface area contributed by atoms with Crippen LogP contribution < -0.4 is 5.32 Å². The molecule has 0 aromatic carbocycles. The lowest BCUT2D eigenvalue weighted by Gasteiger charge is -2.08. The van der Waals surface area contributed by atoms with Crippen molar-refractivity contribution in [1.29, 1.82) is 0 Å². The number of nitrogens with one attached hydrogen (secondary N) is 1. The normalized spacial score (nSPS) is 11.6. The average molecular weight is 343 g/mol. The van der Waals surface area contributed by atoms with Gasteiger partial charge in [-0.1, -0.05) is 19.0 Å². The number of aryl methyl sites for hydroxylation is 2. The number of pyridine rings is 1. The number of ether oxygens (including phenoxy) is 1. The Labute approximate surface area is 147 Å². The number of nitrogens with zero attached hydrogens (tertiary/aromatic N) is 2. The van der Waals surface area contributed by atoms with Crippen molar-refractivity contribution in [3.05, 3.63) is 29.3 Å². The first-order valence-corrected chi connectivity index (χ1v) is 8.61. The molecule has 0 atom stereocenters. The SMILES string of the molecule is COCCCNc1nc(-c2c(C)noc2C)cc2cc(C(C)C)oc12. The fourth-order valence-electron chi connectivity index (χ4n) is 2.87. The van der Waals surface area contributed by atoms with Crippen molar-refractivity contribution in [2.24, 2.45) is 0 Å². The molecule has 3 aromatic rings. The first kappa shape index (κ1) is 17.5. The zero-order valence-electron chi connectivity index (χ0n) is 15.5. The molecule has 0 amide bonds. The van der Waals surface area contributed by atoms with Crippen LogP contribution in [-0.2, 0) is 4.74 Å². The summed E-state index contributed by atoms with van der Waals surface area (Å²) >= 11 is 0. The molecule has 0 saturated carbocycles. The van der Waals surface area contributed by atoms with Crippen LogP contribution in [0.4, 0.5) is 5.82 Å². The molecule has 0 saturated heterocycles. The van der Waals surface area contributed by atoms with Gasteiger partial charge in [0.05, 0.1) is 17.0 Å². The second-order valence-corrected chi connectivity index (χ2v) is 6.55. The Kier molecular flexibility index (Phi) is 5.08. The Morgan fingerprint density at radius 2 is 2.04 bits per heavy atom. The number of anilines is 1. The summed E-state index contributed by atoms with van der Waals surface area (Å²) < 4.78 is 16.5. The Morgan fingerprint density at radius 3 is 2.68 bits per heavy atom. The summed E-state index contributed by atoms with van der Waals surface area (Å²) in [6.07, 6.45) is 0.896. The molecule has 0 bridgehead atoms. The summed E-state index contributed by atoms with van der Waals surface area (Å²) in [5.74, 6) is 2.78. The minimum Gasteiger partial charge on any atom is -0.457 e. The van der Waals surface area contributed by atoms with Crippen molar-refractivity contribution in [1.82, 2.24) is 10.1 Å². The van der Waals surface area contributed by atoms with E-state index in [2.05, 4.69) is 30.4 Å². The molecule has 0 radical (unpaired) electrons. The van der Waals surface area contributed by atoms with Crippen LogP contribution in [0.1, 0.15) is 43.4 Å². The largest absolute Gasteiger partial charge is 0.457 e. The number of rotatable bonds is 7. The van der Waals surface area contributed by atoms with E-state index in [1.54, 1.807) is 7.11 Å².